The van der Waals surface area contributed by atoms with E-state index >= 15 is 0 Å². The first-order valence-corrected chi connectivity index (χ1v) is 5.48. The monoisotopic (exact) mass is 218 g/mol. The lowest BCUT2D eigenvalue weighted by molar-refractivity contribution is 0.636. The van der Waals surface area contributed by atoms with E-state index in [4.69, 9.17) is 0 Å². The molecule has 0 N–H and O–H groups in total. The summed E-state index contributed by atoms with van der Waals surface area (Å²) in [6, 6.07) is 0.608. The van der Waals surface area contributed by atoms with E-state index in [1.807, 2.05) is 18.7 Å². The van der Waals surface area contributed by atoms with Gasteiger partial charge in [0.2, 0.25) is 0 Å². The van der Waals surface area contributed by atoms with Gasteiger partial charge in [-0.15, -0.1) is 0 Å². The summed E-state index contributed by atoms with van der Waals surface area (Å²) >= 11 is 0. The summed E-state index contributed by atoms with van der Waals surface area (Å²) in [4.78, 5) is 15.8. The van der Waals surface area contributed by atoms with Crippen molar-refractivity contribution in [3.8, 4) is 0 Å². The van der Waals surface area contributed by atoms with Crippen molar-refractivity contribution in [3.63, 3.8) is 0 Å². The Kier molecular flexibility index (Phi) is 1.99. The van der Waals surface area contributed by atoms with Crippen LogP contribution in [0.1, 0.15) is 24.6 Å². The molecule has 1 aliphatic carbocycles. The summed E-state index contributed by atoms with van der Waals surface area (Å²) in [7, 11) is 1.76. The molecule has 2 aromatic rings. The molecular weight excluding hydrogens is 204 g/mol. The second-order valence-electron chi connectivity index (χ2n) is 4.34. The first-order chi connectivity index (χ1) is 7.75. The van der Waals surface area contributed by atoms with E-state index in [1.54, 1.807) is 22.4 Å². The van der Waals surface area contributed by atoms with Crippen LogP contribution in [-0.2, 0) is 13.6 Å². The molecule has 3 rings (SSSR count). The molecule has 16 heavy (non-hydrogen) atoms. The molecule has 5 heteroatoms. The predicted octanol–water partition coefficient (Wildman–Crippen LogP) is 0.766. The zero-order chi connectivity index (χ0) is 11.1. The van der Waals surface area contributed by atoms with E-state index in [9.17, 15) is 4.79 Å². The minimum atomic E-state index is 0.0172. The Morgan fingerprint density at radius 1 is 1.44 bits per heavy atom. The summed E-state index contributed by atoms with van der Waals surface area (Å²) < 4.78 is 5.47. The van der Waals surface area contributed by atoms with Crippen molar-refractivity contribution in [2.75, 3.05) is 0 Å². The Hall–Kier alpha value is -1.78. The van der Waals surface area contributed by atoms with Crippen LogP contribution in [0.15, 0.2) is 29.7 Å². The molecule has 5 nitrogen and oxygen atoms in total. The van der Waals surface area contributed by atoms with Gasteiger partial charge in [-0.25, -0.2) is 9.78 Å². The van der Waals surface area contributed by atoms with E-state index in [1.165, 1.54) is 12.8 Å². The molecule has 0 saturated heterocycles. The van der Waals surface area contributed by atoms with Crippen LogP contribution in [0.5, 0.6) is 0 Å². The molecule has 0 aliphatic heterocycles. The van der Waals surface area contributed by atoms with Gasteiger partial charge in [-0.2, -0.15) is 0 Å². The van der Waals surface area contributed by atoms with Crippen molar-refractivity contribution in [1.29, 1.82) is 0 Å². The first kappa shape index (κ1) is 9.45. The van der Waals surface area contributed by atoms with Gasteiger partial charge >= 0.3 is 5.69 Å². The normalized spacial score (nSPS) is 15.6. The standard InChI is InChI=1S/C11H14N4O/c1-13-4-5-14(11(13)16)7-10-6-12-8-15(10)9-2-3-9/h4-6,8-9H,2-3,7H2,1H3. The molecule has 0 amide bonds. The smallest absolute Gasteiger partial charge is 0.328 e. The SMILES string of the molecule is Cn1ccn(Cc2cncn2C2CC2)c1=O. The Labute approximate surface area is 93.0 Å². The summed E-state index contributed by atoms with van der Waals surface area (Å²) in [5.41, 5.74) is 1.12. The fourth-order valence-electron chi connectivity index (χ4n) is 1.94. The van der Waals surface area contributed by atoms with Crippen molar-refractivity contribution >= 4 is 0 Å². The zero-order valence-electron chi connectivity index (χ0n) is 9.21. The summed E-state index contributed by atoms with van der Waals surface area (Å²) in [5, 5.41) is 0. The van der Waals surface area contributed by atoms with E-state index < -0.39 is 0 Å². The largest absolute Gasteiger partial charge is 0.330 e. The third-order valence-corrected chi connectivity index (χ3v) is 3.04. The van der Waals surface area contributed by atoms with Crippen molar-refractivity contribution in [2.24, 2.45) is 7.05 Å². The van der Waals surface area contributed by atoms with Gasteiger partial charge in [0.05, 0.1) is 18.6 Å². The van der Waals surface area contributed by atoms with Gasteiger partial charge in [0, 0.05) is 31.7 Å². The zero-order valence-corrected chi connectivity index (χ0v) is 9.21. The number of aromatic nitrogens is 4. The highest BCUT2D eigenvalue weighted by Gasteiger charge is 2.25. The fourth-order valence-corrected chi connectivity index (χ4v) is 1.94. The minimum Gasteiger partial charge on any atom is -0.330 e. The van der Waals surface area contributed by atoms with E-state index in [-0.39, 0.29) is 5.69 Å². The minimum absolute atomic E-state index is 0.0172. The van der Waals surface area contributed by atoms with Crippen LogP contribution < -0.4 is 5.69 Å². The number of aryl methyl sites for hydroxylation is 1. The second-order valence-corrected chi connectivity index (χ2v) is 4.34. The Morgan fingerprint density at radius 3 is 2.88 bits per heavy atom. The number of hydrogen-bond donors (Lipinski definition) is 0. The maximum atomic E-state index is 11.7. The number of rotatable bonds is 3. The molecule has 1 saturated carbocycles. The molecule has 0 atom stereocenters. The van der Waals surface area contributed by atoms with E-state index in [0.717, 1.165) is 5.69 Å². The molecule has 1 aliphatic rings. The maximum Gasteiger partial charge on any atom is 0.328 e. The average Bonchev–Trinajstić information content (AvgIpc) is 2.95. The molecule has 0 unspecified atom stereocenters. The first-order valence-electron chi connectivity index (χ1n) is 5.48. The summed E-state index contributed by atoms with van der Waals surface area (Å²) in [6.07, 6.45) is 9.76. The van der Waals surface area contributed by atoms with Crippen LogP contribution in [0, 0.1) is 0 Å². The summed E-state index contributed by atoms with van der Waals surface area (Å²) in [5.74, 6) is 0. The second kappa shape index (κ2) is 3.37. The van der Waals surface area contributed by atoms with Crippen LogP contribution in [0.3, 0.4) is 0 Å². The fraction of sp³-hybridized carbons (Fsp3) is 0.455. The highest BCUT2D eigenvalue weighted by Crippen LogP contribution is 2.35. The van der Waals surface area contributed by atoms with Gasteiger partial charge in [0.25, 0.3) is 0 Å². The molecule has 0 aromatic carbocycles. The Balaban J connectivity index is 1.91. The topological polar surface area (TPSA) is 44.8 Å². The lowest BCUT2D eigenvalue weighted by atomic mass is 10.4. The third-order valence-electron chi connectivity index (χ3n) is 3.04. The van der Waals surface area contributed by atoms with Gasteiger partial charge in [-0.3, -0.25) is 4.57 Å². The van der Waals surface area contributed by atoms with Gasteiger partial charge in [-0.1, -0.05) is 0 Å². The quantitative estimate of drug-likeness (QED) is 0.763. The highest BCUT2D eigenvalue weighted by molar-refractivity contribution is 5.04. The average molecular weight is 218 g/mol. The van der Waals surface area contributed by atoms with Gasteiger partial charge in [-0.05, 0) is 12.8 Å². The Bertz CT molecular complexity index is 559. The van der Waals surface area contributed by atoms with Gasteiger partial charge in [0.1, 0.15) is 0 Å². The maximum absolute atomic E-state index is 11.7. The lowest BCUT2D eigenvalue weighted by Crippen LogP contribution is -2.23. The van der Waals surface area contributed by atoms with Crippen molar-refractivity contribution in [3.05, 3.63) is 41.1 Å². The predicted molar refractivity (Wildman–Crippen MR) is 59.3 cm³/mol. The van der Waals surface area contributed by atoms with E-state index in [0.29, 0.717) is 12.6 Å². The van der Waals surface area contributed by atoms with Crippen LogP contribution >= 0.6 is 0 Å². The van der Waals surface area contributed by atoms with Gasteiger partial charge in [0.15, 0.2) is 0 Å². The lowest BCUT2D eigenvalue weighted by Gasteiger charge is -2.06. The number of imidazole rings is 2. The highest BCUT2D eigenvalue weighted by atomic mass is 16.1. The van der Waals surface area contributed by atoms with Crippen molar-refractivity contribution in [2.45, 2.75) is 25.4 Å². The van der Waals surface area contributed by atoms with Gasteiger partial charge < -0.3 is 9.13 Å². The molecule has 0 bridgehead atoms. The van der Waals surface area contributed by atoms with E-state index in [2.05, 4.69) is 9.55 Å². The number of hydrogen-bond acceptors (Lipinski definition) is 2. The van der Waals surface area contributed by atoms with Crippen molar-refractivity contribution in [1.82, 2.24) is 18.7 Å². The molecule has 2 heterocycles. The van der Waals surface area contributed by atoms with Crippen LogP contribution in [0.4, 0.5) is 0 Å². The molecule has 2 aromatic heterocycles. The Morgan fingerprint density at radius 2 is 2.25 bits per heavy atom. The molecule has 0 radical (unpaired) electrons. The van der Waals surface area contributed by atoms with Crippen LogP contribution in [0.2, 0.25) is 0 Å². The molecule has 1 fully saturated rings. The van der Waals surface area contributed by atoms with Crippen molar-refractivity contribution < 1.29 is 0 Å². The number of nitrogens with zero attached hydrogens (tertiary/aromatic N) is 4. The summed E-state index contributed by atoms with van der Waals surface area (Å²) in [6.45, 7) is 0.607. The third kappa shape index (κ3) is 1.48. The molecular formula is C11H14N4O. The van der Waals surface area contributed by atoms with Crippen LogP contribution in [-0.4, -0.2) is 18.7 Å². The molecule has 84 valence electrons. The molecule has 0 spiro atoms. The van der Waals surface area contributed by atoms with Crippen LogP contribution in [0.25, 0.3) is 0 Å².